The van der Waals surface area contributed by atoms with E-state index in [9.17, 15) is 0 Å². The van der Waals surface area contributed by atoms with Crippen LogP contribution in [0.3, 0.4) is 0 Å². The first-order chi connectivity index (χ1) is 11.8. The number of nitrogens with zero attached hydrogens (tertiary/aromatic N) is 3. The number of quaternary nitrogens is 1. The molecule has 4 rings (SSSR count). The third kappa shape index (κ3) is 3.01. The normalized spacial score (nSPS) is 16.0. The number of aromatic nitrogens is 2. The summed E-state index contributed by atoms with van der Waals surface area (Å²) in [4.78, 5) is 15.6. The molecule has 0 aliphatic carbocycles. The Morgan fingerprint density at radius 1 is 1.12 bits per heavy atom. The SMILES string of the molecule is CCC[NH+]1CCN(c2ncnc3sc(-c4ccccc4)cc23)CC1. The average molecular weight is 339 g/mol. The second-order valence-electron chi connectivity index (χ2n) is 6.38. The number of benzene rings is 1. The first-order valence-corrected chi connectivity index (χ1v) is 9.55. The molecule has 1 aliphatic rings. The molecule has 0 radical (unpaired) electrons. The van der Waals surface area contributed by atoms with E-state index < -0.39 is 0 Å². The lowest BCUT2D eigenvalue weighted by Gasteiger charge is -2.33. The van der Waals surface area contributed by atoms with Crippen LogP contribution in [0.1, 0.15) is 13.3 Å². The molecule has 0 amide bonds. The maximum atomic E-state index is 4.62. The molecule has 0 spiro atoms. The fraction of sp³-hybridized carbons (Fsp3) is 0.368. The van der Waals surface area contributed by atoms with Crippen molar-refractivity contribution < 1.29 is 4.90 Å². The highest BCUT2D eigenvalue weighted by atomic mass is 32.1. The zero-order valence-corrected chi connectivity index (χ0v) is 14.9. The van der Waals surface area contributed by atoms with Crippen molar-refractivity contribution in [3.05, 3.63) is 42.7 Å². The molecular weight excluding hydrogens is 316 g/mol. The van der Waals surface area contributed by atoms with Crippen LogP contribution in [-0.2, 0) is 0 Å². The standard InChI is InChI=1S/C19H22N4S/c1-2-8-22-9-11-23(12-10-22)18-16-13-17(15-6-4-3-5-7-15)24-19(16)21-14-20-18/h3-7,13-14H,2,8-12H2,1H3/p+1. The van der Waals surface area contributed by atoms with Crippen LogP contribution in [0.4, 0.5) is 5.82 Å². The molecular formula is C19H23N4S+. The Morgan fingerprint density at radius 2 is 1.92 bits per heavy atom. The number of anilines is 1. The van der Waals surface area contributed by atoms with Crippen molar-refractivity contribution in [2.45, 2.75) is 13.3 Å². The molecule has 1 aromatic carbocycles. The fourth-order valence-corrected chi connectivity index (χ4v) is 4.48. The number of nitrogens with one attached hydrogen (secondary N) is 1. The highest BCUT2D eigenvalue weighted by molar-refractivity contribution is 7.21. The van der Waals surface area contributed by atoms with Gasteiger partial charge in [-0.3, -0.25) is 0 Å². The molecule has 1 saturated heterocycles. The smallest absolute Gasteiger partial charge is 0.141 e. The summed E-state index contributed by atoms with van der Waals surface area (Å²) in [5.41, 5.74) is 1.25. The van der Waals surface area contributed by atoms with Crippen molar-refractivity contribution in [2.75, 3.05) is 37.6 Å². The maximum absolute atomic E-state index is 4.62. The Labute approximate surface area is 146 Å². The summed E-state index contributed by atoms with van der Waals surface area (Å²) < 4.78 is 0. The van der Waals surface area contributed by atoms with E-state index in [1.807, 2.05) is 0 Å². The van der Waals surface area contributed by atoms with Crippen molar-refractivity contribution in [2.24, 2.45) is 0 Å². The summed E-state index contributed by atoms with van der Waals surface area (Å²) in [7, 11) is 0. The van der Waals surface area contributed by atoms with Gasteiger partial charge in [0.05, 0.1) is 38.1 Å². The lowest BCUT2D eigenvalue weighted by molar-refractivity contribution is -0.900. The van der Waals surface area contributed by atoms with Gasteiger partial charge in [0.2, 0.25) is 0 Å². The number of hydrogen-bond donors (Lipinski definition) is 1. The van der Waals surface area contributed by atoms with Crippen LogP contribution in [0, 0.1) is 0 Å². The highest BCUT2D eigenvalue weighted by Gasteiger charge is 2.22. The molecule has 5 heteroatoms. The Hall–Kier alpha value is -1.98. The Bertz CT molecular complexity index is 807. The molecule has 1 fully saturated rings. The predicted octanol–water partition coefficient (Wildman–Crippen LogP) is 2.47. The fourth-order valence-electron chi connectivity index (χ4n) is 3.48. The van der Waals surface area contributed by atoms with E-state index in [0.717, 1.165) is 23.7 Å². The molecule has 4 nitrogen and oxygen atoms in total. The number of hydrogen-bond acceptors (Lipinski definition) is 4. The van der Waals surface area contributed by atoms with E-state index in [4.69, 9.17) is 0 Å². The van der Waals surface area contributed by atoms with Crippen molar-refractivity contribution in [1.82, 2.24) is 9.97 Å². The largest absolute Gasteiger partial charge is 0.345 e. The molecule has 24 heavy (non-hydrogen) atoms. The van der Waals surface area contributed by atoms with E-state index >= 15 is 0 Å². The Balaban J connectivity index is 1.63. The minimum Gasteiger partial charge on any atom is -0.345 e. The van der Waals surface area contributed by atoms with E-state index in [1.165, 1.54) is 41.9 Å². The second-order valence-corrected chi connectivity index (χ2v) is 7.41. The van der Waals surface area contributed by atoms with Gasteiger partial charge in [-0.05, 0) is 18.1 Å². The minimum absolute atomic E-state index is 1.08. The van der Waals surface area contributed by atoms with Gasteiger partial charge in [0.15, 0.2) is 0 Å². The molecule has 1 aliphatic heterocycles. The third-order valence-electron chi connectivity index (χ3n) is 4.74. The number of piperazine rings is 1. The van der Waals surface area contributed by atoms with Gasteiger partial charge < -0.3 is 9.80 Å². The maximum Gasteiger partial charge on any atom is 0.141 e. The molecule has 3 aromatic rings. The summed E-state index contributed by atoms with van der Waals surface area (Å²) in [5.74, 6) is 1.11. The van der Waals surface area contributed by atoms with Crippen molar-refractivity contribution in [1.29, 1.82) is 0 Å². The molecule has 0 atom stereocenters. The van der Waals surface area contributed by atoms with Crippen molar-refractivity contribution >= 4 is 27.4 Å². The monoisotopic (exact) mass is 339 g/mol. The summed E-state index contributed by atoms with van der Waals surface area (Å²) in [5, 5.41) is 1.19. The van der Waals surface area contributed by atoms with E-state index in [-0.39, 0.29) is 0 Å². The van der Waals surface area contributed by atoms with Gasteiger partial charge in [0.1, 0.15) is 17.0 Å². The van der Waals surface area contributed by atoms with Crippen LogP contribution >= 0.6 is 11.3 Å². The van der Waals surface area contributed by atoms with Gasteiger partial charge in [0.25, 0.3) is 0 Å². The summed E-state index contributed by atoms with van der Waals surface area (Å²) in [6.45, 7) is 8.12. The second kappa shape index (κ2) is 6.87. The van der Waals surface area contributed by atoms with Crippen LogP contribution in [0.15, 0.2) is 42.7 Å². The quantitative estimate of drug-likeness (QED) is 0.793. The van der Waals surface area contributed by atoms with E-state index in [1.54, 1.807) is 22.6 Å². The zero-order chi connectivity index (χ0) is 16.4. The topological polar surface area (TPSA) is 33.5 Å². The van der Waals surface area contributed by atoms with E-state index in [2.05, 4.69) is 58.2 Å². The van der Waals surface area contributed by atoms with Crippen LogP contribution < -0.4 is 9.80 Å². The molecule has 0 unspecified atom stereocenters. The number of thiophene rings is 1. The average Bonchev–Trinajstić information content (AvgIpc) is 3.08. The van der Waals surface area contributed by atoms with Crippen LogP contribution in [-0.4, -0.2) is 42.7 Å². The summed E-state index contributed by atoms with van der Waals surface area (Å²) in [6.07, 6.45) is 2.98. The predicted molar refractivity (Wildman–Crippen MR) is 101 cm³/mol. The molecule has 124 valence electrons. The lowest BCUT2D eigenvalue weighted by Crippen LogP contribution is -3.14. The van der Waals surface area contributed by atoms with Crippen LogP contribution in [0.25, 0.3) is 20.7 Å². The molecule has 3 heterocycles. The number of fused-ring (bicyclic) bond motifs is 1. The zero-order valence-electron chi connectivity index (χ0n) is 14.0. The lowest BCUT2D eigenvalue weighted by atomic mass is 10.2. The van der Waals surface area contributed by atoms with Gasteiger partial charge >= 0.3 is 0 Å². The minimum atomic E-state index is 1.08. The third-order valence-corrected chi connectivity index (χ3v) is 5.83. The van der Waals surface area contributed by atoms with Gasteiger partial charge in [-0.1, -0.05) is 37.3 Å². The Morgan fingerprint density at radius 3 is 2.67 bits per heavy atom. The molecule has 0 bridgehead atoms. The van der Waals surface area contributed by atoms with Gasteiger partial charge in [-0.2, -0.15) is 0 Å². The molecule has 0 saturated carbocycles. The van der Waals surface area contributed by atoms with Crippen molar-refractivity contribution in [3.8, 4) is 10.4 Å². The van der Waals surface area contributed by atoms with Gasteiger partial charge in [0, 0.05) is 4.88 Å². The number of rotatable bonds is 4. The highest BCUT2D eigenvalue weighted by Crippen LogP contribution is 2.35. The van der Waals surface area contributed by atoms with E-state index in [0.29, 0.717) is 0 Å². The van der Waals surface area contributed by atoms with Gasteiger partial charge in [-0.15, -0.1) is 11.3 Å². The summed E-state index contributed by atoms with van der Waals surface area (Å²) in [6, 6.07) is 12.8. The van der Waals surface area contributed by atoms with Gasteiger partial charge in [-0.25, -0.2) is 9.97 Å². The van der Waals surface area contributed by atoms with Crippen LogP contribution in [0.5, 0.6) is 0 Å². The Kier molecular flexibility index (Phi) is 4.45. The molecule has 1 N–H and O–H groups in total. The summed E-state index contributed by atoms with van der Waals surface area (Å²) >= 11 is 1.75. The first-order valence-electron chi connectivity index (χ1n) is 8.73. The van der Waals surface area contributed by atoms with Crippen LogP contribution in [0.2, 0.25) is 0 Å². The first kappa shape index (κ1) is 15.5. The molecule has 2 aromatic heterocycles. The van der Waals surface area contributed by atoms with Crippen molar-refractivity contribution in [3.63, 3.8) is 0 Å².